The monoisotopic (exact) mass is 277 g/mol. The second-order valence-electron chi connectivity index (χ2n) is 4.52. The summed E-state index contributed by atoms with van der Waals surface area (Å²) in [6.45, 7) is 3.11. The Hall–Kier alpha value is -2.24. The standard InChI is InChI=1S/C14H19N3O3/c1-3-15-14(19)16-10-6-7-11(12(9-10)20-2)17-8-4-5-13(17)18/h6-7,9H,3-5,8H2,1-2H3,(H2,15,16,19). The number of nitrogens with zero attached hydrogens (tertiary/aromatic N) is 1. The Labute approximate surface area is 118 Å². The molecule has 108 valence electrons. The molecule has 0 aromatic heterocycles. The van der Waals surface area contributed by atoms with Gasteiger partial charge in [0.05, 0.1) is 12.8 Å². The van der Waals surface area contributed by atoms with E-state index in [2.05, 4.69) is 10.6 Å². The number of benzene rings is 1. The van der Waals surface area contributed by atoms with E-state index in [4.69, 9.17) is 4.74 Å². The molecule has 0 aliphatic carbocycles. The fraction of sp³-hybridized carbons (Fsp3) is 0.429. The van der Waals surface area contributed by atoms with Crippen LogP contribution in [0, 0.1) is 0 Å². The molecular formula is C14H19N3O3. The minimum atomic E-state index is -0.264. The predicted octanol–water partition coefficient (Wildman–Crippen LogP) is 1.96. The number of anilines is 2. The van der Waals surface area contributed by atoms with Gasteiger partial charge in [0.2, 0.25) is 5.91 Å². The van der Waals surface area contributed by atoms with Gasteiger partial charge in [-0.05, 0) is 25.5 Å². The van der Waals surface area contributed by atoms with Crippen LogP contribution in [0.2, 0.25) is 0 Å². The van der Waals surface area contributed by atoms with Gasteiger partial charge in [-0.3, -0.25) is 4.79 Å². The second kappa shape index (κ2) is 6.27. The van der Waals surface area contributed by atoms with Gasteiger partial charge in [0, 0.05) is 31.3 Å². The number of nitrogens with one attached hydrogen (secondary N) is 2. The average Bonchev–Trinajstić information content (AvgIpc) is 2.85. The third-order valence-electron chi connectivity index (χ3n) is 3.14. The molecule has 1 aliphatic rings. The van der Waals surface area contributed by atoms with Crippen LogP contribution in [0.1, 0.15) is 19.8 Å². The molecule has 1 aromatic rings. The fourth-order valence-electron chi connectivity index (χ4n) is 2.22. The summed E-state index contributed by atoms with van der Waals surface area (Å²) in [6, 6.07) is 5.01. The molecule has 20 heavy (non-hydrogen) atoms. The van der Waals surface area contributed by atoms with Crippen molar-refractivity contribution in [2.75, 3.05) is 30.4 Å². The SMILES string of the molecule is CCNC(=O)Nc1ccc(N2CCCC2=O)c(OC)c1. The lowest BCUT2D eigenvalue weighted by Crippen LogP contribution is -2.28. The van der Waals surface area contributed by atoms with Crippen molar-refractivity contribution in [2.45, 2.75) is 19.8 Å². The van der Waals surface area contributed by atoms with Crippen molar-refractivity contribution in [2.24, 2.45) is 0 Å². The lowest BCUT2D eigenvalue weighted by atomic mass is 10.2. The fourth-order valence-corrected chi connectivity index (χ4v) is 2.22. The minimum absolute atomic E-state index is 0.104. The summed E-state index contributed by atoms with van der Waals surface area (Å²) in [5.74, 6) is 0.683. The Morgan fingerprint density at radius 2 is 2.25 bits per heavy atom. The summed E-state index contributed by atoms with van der Waals surface area (Å²) in [5, 5.41) is 5.37. The van der Waals surface area contributed by atoms with Crippen LogP contribution >= 0.6 is 0 Å². The number of ether oxygens (including phenoxy) is 1. The Bertz CT molecular complexity index is 516. The van der Waals surface area contributed by atoms with Gasteiger partial charge in [0.1, 0.15) is 5.75 Å². The topological polar surface area (TPSA) is 70.7 Å². The van der Waals surface area contributed by atoms with E-state index >= 15 is 0 Å². The lowest BCUT2D eigenvalue weighted by Gasteiger charge is -2.19. The third-order valence-corrected chi connectivity index (χ3v) is 3.14. The molecule has 1 aromatic carbocycles. The van der Waals surface area contributed by atoms with Gasteiger partial charge < -0.3 is 20.3 Å². The molecule has 6 heteroatoms. The van der Waals surface area contributed by atoms with Crippen LogP contribution in [0.3, 0.4) is 0 Å². The molecule has 3 amide bonds. The zero-order chi connectivity index (χ0) is 14.5. The van der Waals surface area contributed by atoms with E-state index in [-0.39, 0.29) is 11.9 Å². The van der Waals surface area contributed by atoms with Crippen molar-refractivity contribution < 1.29 is 14.3 Å². The Balaban J connectivity index is 2.19. The molecule has 0 atom stereocenters. The van der Waals surface area contributed by atoms with E-state index in [1.807, 2.05) is 6.92 Å². The summed E-state index contributed by atoms with van der Waals surface area (Å²) >= 11 is 0. The maximum absolute atomic E-state index is 11.8. The third kappa shape index (κ3) is 3.01. The molecule has 1 heterocycles. The van der Waals surface area contributed by atoms with Gasteiger partial charge in [-0.1, -0.05) is 0 Å². The summed E-state index contributed by atoms with van der Waals surface area (Å²) in [4.78, 5) is 25.0. The maximum atomic E-state index is 11.8. The number of hydrogen-bond acceptors (Lipinski definition) is 3. The van der Waals surface area contributed by atoms with E-state index in [0.717, 1.165) is 12.1 Å². The van der Waals surface area contributed by atoms with Gasteiger partial charge in [-0.25, -0.2) is 4.79 Å². The maximum Gasteiger partial charge on any atom is 0.319 e. The van der Waals surface area contributed by atoms with Crippen molar-refractivity contribution in [3.63, 3.8) is 0 Å². The lowest BCUT2D eigenvalue weighted by molar-refractivity contribution is -0.117. The molecule has 0 bridgehead atoms. The Morgan fingerprint density at radius 3 is 2.85 bits per heavy atom. The van der Waals surface area contributed by atoms with E-state index < -0.39 is 0 Å². The van der Waals surface area contributed by atoms with Crippen LogP contribution in [0.25, 0.3) is 0 Å². The van der Waals surface area contributed by atoms with E-state index in [1.54, 1.807) is 30.2 Å². The van der Waals surface area contributed by atoms with Crippen molar-refractivity contribution in [1.82, 2.24) is 5.32 Å². The number of amides is 3. The van der Waals surface area contributed by atoms with Crippen LogP contribution in [0.4, 0.5) is 16.2 Å². The molecule has 0 saturated carbocycles. The van der Waals surface area contributed by atoms with Gasteiger partial charge >= 0.3 is 6.03 Å². The smallest absolute Gasteiger partial charge is 0.319 e. The molecule has 6 nitrogen and oxygen atoms in total. The van der Waals surface area contributed by atoms with Crippen molar-refractivity contribution >= 4 is 23.3 Å². The molecular weight excluding hydrogens is 258 g/mol. The highest BCUT2D eigenvalue weighted by Gasteiger charge is 2.24. The van der Waals surface area contributed by atoms with Gasteiger partial charge in [0.15, 0.2) is 0 Å². The van der Waals surface area contributed by atoms with Gasteiger partial charge in [-0.15, -0.1) is 0 Å². The highest BCUT2D eigenvalue weighted by molar-refractivity contribution is 5.97. The average molecular weight is 277 g/mol. The van der Waals surface area contributed by atoms with Gasteiger partial charge in [-0.2, -0.15) is 0 Å². The Morgan fingerprint density at radius 1 is 1.45 bits per heavy atom. The quantitative estimate of drug-likeness (QED) is 0.884. The number of methoxy groups -OCH3 is 1. The van der Waals surface area contributed by atoms with Gasteiger partial charge in [0.25, 0.3) is 0 Å². The summed E-state index contributed by atoms with van der Waals surface area (Å²) in [7, 11) is 1.55. The van der Waals surface area contributed by atoms with Crippen molar-refractivity contribution in [1.29, 1.82) is 0 Å². The molecule has 1 saturated heterocycles. The first kappa shape index (κ1) is 14.2. The normalized spacial score (nSPS) is 14.3. The van der Waals surface area contributed by atoms with Crippen LogP contribution in [-0.4, -0.2) is 32.1 Å². The zero-order valence-corrected chi connectivity index (χ0v) is 11.7. The summed E-state index contributed by atoms with van der Waals surface area (Å²) in [5.41, 5.74) is 1.37. The van der Waals surface area contributed by atoms with Crippen LogP contribution in [0.5, 0.6) is 5.75 Å². The highest BCUT2D eigenvalue weighted by Crippen LogP contribution is 2.33. The number of carbonyl (C=O) groups excluding carboxylic acids is 2. The first-order chi connectivity index (χ1) is 9.65. The highest BCUT2D eigenvalue weighted by atomic mass is 16.5. The summed E-state index contributed by atoms with van der Waals surface area (Å²) < 4.78 is 5.32. The number of urea groups is 1. The van der Waals surface area contributed by atoms with E-state index in [1.165, 1.54) is 0 Å². The van der Waals surface area contributed by atoms with Crippen LogP contribution < -0.4 is 20.3 Å². The summed E-state index contributed by atoms with van der Waals surface area (Å²) in [6.07, 6.45) is 1.43. The van der Waals surface area contributed by atoms with Crippen molar-refractivity contribution in [3.05, 3.63) is 18.2 Å². The number of carbonyl (C=O) groups is 2. The first-order valence-electron chi connectivity index (χ1n) is 6.69. The predicted molar refractivity (Wildman–Crippen MR) is 77.3 cm³/mol. The molecule has 1 aliphatic heterocycles. The van der Waals surface area contributed by atoms with E-state index in [9.17, 15) is 9.59 Å². The first-order valence-corrected chi connectivity index (χ1v) is 6.69. The largest absolute Gasteiger partial charge is 0.494 e. The van der Waals surface area contributed by atoms with Crippen molar-refractivity contribution in [3.8, 4) is 5.75 Å². The molecule has 0 spiro atoms. The minimum Gasteiger partial charge on any atom is -0.494 e. The second-order valence-corrected chi connectivity index (χ2v) is 4.52. The Kier molecular flexibility index (Phi) is 4.45. The molecule has 0 radical (unpaired) electrons. The molecule has 0 unspecified atom stereocenters. The van der Waals surface area contributed by atoms with E-state index in [0.29, 0.717) is 30.9 Å². The number of hydrogen-bond donors (Lipinski definition) is 2. The van der Waals surface area contributed by atoms with Crippen LogP contribution in [0.15, 0.2) is 18.2 Å². The molecule has 1 fully saturated rings. The zero-order valence-electron chi connectivity index (χ0n) is 11.7. The number of rotatable bonds is 4. The molecule has 2 rings (SSSR count). The van der Waals surface area contributed by atoms with Crippen LogP contribution in [-0.2, 0) is 4.79 Å². The molecule has 2 N–H and O–H groups in total.